The Morgan fingerprint density at radius 3 is 2.72 bits per heavy atom. The molecule has 1 atom stereocenters. The number of nitrogens with zero attached hydrogens (tertiary/aromatic N) is 2. The van der Waals surface area contributed by atoms with E-state index in [1.807, 2.05) is 10.6 Å². The predicted molar refractivity (Wildman–Crippen MR) is 129 cm³/mol. The first-order chi connectivity index (χ1) is 13.9. The summed E-state index contributed by atoms with van der Waals surface area (Å²) in [5.41, 5.74) is 1.72. The zero-order valence-electron chi connectivity index (χ0n) is 18.6. The number of unbranched alkanes of at least 4 members (excludes halogenated alkanes) is 4. The molecule has 29 heavy (non-hydrogen) atoms. The molecule has 2 aromatic heterocycles. The van der Waals surface area contributed by atoms with Crippen LogP contribution in [0, 0.1) is 11.3 Å². The van der Waals surface area contributed by atoms with Crippen molar-refractivity contribution in [3.63, 3.8) is 0 Å². The zero-order valence-corrected chi connectivity index (χ0v) is 20.2. The minimum Gasteiger partial charge on any atom is -0.283 e. The molecule has 160 valence electrons. The van der Waals surface area contributed by atoms with Gasteiger partial charge in [0.05, 0.1) is 5.39 Å². The molecule has 3 nitrogen and oxygen atoms in total. The molecule has 0 amide bonds. The van der Waals surface area contributed by atoms with Crippen molar-refractivity contribution in [3.8, 4) is 0 Å². The van der Waals surface area contributed by atoms with E-state index in [1.165, 1.54) is 42.5 Å². The van der Waals surface area contributed by atoms with E-state index in [9.17, 15) is 4.79 Å². The number of allylic oxidation sites excluding steroid dienone is 1. The molecule has 0 aromatic carbocycles. The number of rotatable bonds is 9. The number of hydrogen-bond donors (Lipinski definition) is 0. The lowest BCUT2D eigenvalue weighted by Crippen LogP contribution is -2.27. The molecule has 5 heteroatoms. The molecule has 1 aliphatic rings. The third-order valence-corrected chi connectivity index (χ3v) is 8.36. The third-order valence-electron chi connectivity index (χ3n) is 6.15. The van der Waals surface area contributed by atoms with Gasteiger partial charge in [0.25, 0.3) is 5.56 Å². The highest BCUT2D eigenvalue weighted by Gasteiger charge is 2.32. The summed E-state index contributed by atoms with van der Waals surface area (Å²) in [6.45, 7) is 13.6. The third kappa shape index (κ3) is 5.16. The molecule has 2 heterocycles. The Hall–Kier alpha value is -1.07. The van der Waals surface area contributed by atoms with Gasteiger partial charge in [-0.05, 0) is 42.6 Å². The highest BCUT2D eigenvalue weighted by atomic mass is 32.2. The standard InChI is InChI=1S/C24H36N2OS2/c1-6-8-9-10-11-15-28-23-25-21-20(22(27)26(23)14-7-2)18-13-12-17(24(3,4)5)16-19(18)29-21/h7,17H,2,6,8-16H2,1,3-5H3/t17-/m1/s1. The van der Waals surface area contributed by atoms with Gasteiger partial charge in [0, 0.05) is 17.2 Å². The second-order valence-corrected chi connectivity index (χ2v) is 11.5. The summed E-state index contributed by atoms with van der Waals surface area (Å²) < 4.78 is 1.84. The van der Waals surface area contributed by atoms with Gasteiger partial charge in [0.15, 0.2) is 5.16 Å². The van der Waals surface area contributed by atoms with E-state index < -0.39 is 0 Å². The molecule has 0 bridgehead atoms. The van der Waals surface area contributed by atoms with E-state index in [4.69, 9.17) is 4.98 Å². The summed E-state index contributed by atoms with van der Waals surface area (Å²) in [4.78, 5) is 20.7. The SMILES string of the molecule is C=CCn1c(SCCCCCCC)nc2sc3c(c2c1=O)CC[C@@H](C(C)(C)C)C3. The second-order valence-electron chi connectivity index (χ2n) is 9.35. The Kier molecular flexibility index (Phi) is 7.66. The van der Waals surface area contributed by atoms with Crippen LogP contribution in [0.25, 0.3) is 10.2 Å². The molecule has 0 aliphatic heterocycles. The van der Waals surface area contributed by atoms with E-state index in [0.717, 1.165) is 40.4 Å². The molecule has 0 unspecified atom stereocenters. The van der Waals surface area contributed by atoms with Gasteiger partial charge in [-0.2, -0.15) is 0 Å². The molecule has 0 spiro atoms. The van der Waals surface area contributed by atoms with Gasteiger partial charge >= 0.3 is 0 Å². The maximum Gasteiger partial charge on any atom is 0.263 e. The topological polar surface area (TPSA) is 34.9 Å². The molecule has 2 aromatic rings. The van der Waals surface area contributed by atoms with Crippen molar-refractivity contribution in [1.82, 2.24) is 9.55 Å². The van der Waals surface area contributed by atoms with Crippen LogP contribution in [-0.2, 0) is 19.4 Å². The van der Waals surface area contributed by atoms with E-state index in [1.54, 1.807) is 23.1 Å². The highest BCUT2D eigenvalue weighted by Crippen LogP contribution is 2.42. The number of thiophene rings is 1. The molecule has 0 N–H and O–H groups in total. The number of aromatic nitrogens is 2. The second kappa shape index (κ2) is 9.82. The van der Waals surface area contributed by atoms with Crippen molar-refractivity contribution in [3.05, 3.63) is 33.4 Å². The van der Waals surface area contributed by atoms with Crippen molar-refractivity contribution in [2.45, 2.75) is 90.8 Å². The van der Waals surface area contributed by atoms with E-state index in [0.29, 0.717) is 17.9 Å². The summed E-state index contributed by atoms with van der Waals surface area (Å²) in [7, 11) is 0. The first-order valence-corrected chi connectivity index (χ1v) is 13.0. The molecule has 0 saturated heterocycles. The van der Waals surface area contributed by atoms with E-state index in [-0.39, 0.29) is 5.56 Å². The predicted octanol–water partition coefficient (Wildman–Crippen LogP) is 6.86. The van der Waals surface area contributed by atoms with Gasteiger partial charge in [0.1, 0.15) is 4.83 Å². The Morgan fingerprint density at radius 2 is 2.03 bits per heavy atom. The van der Waals surface area contributed by atoms with Crippen LogP contribution in [0.4, 0.5) is 0 Å². The molecular weight excluding hydrogens is 396 g/mol. The van der Waals surface area contributed by atoms with Crippen LogP contribution in [0.5, 0.6) is 0 Å². The first-order valence-electron chi connectivity index (χ1n) is 11.2. The van der Waals surface area contributed by atoms with Gasteiger partial charge < -0.3 is 0 Å². The number of hydrogen-bond acceptors (Lipinski definition) is 4. The summed E-state index contributed by atoms with van der Waals surface area (Å²) in [5.74, 6) is 1.70. The smallest absolute Gasteiger partial charge is 0.263 e. The first kappa shape index (κ1) is 22.6. The van der Waals surface area contributed by atoms with Gasteiger partial charge in [-0.1, -0.05) is 71.2 Å². The Bertz CT molecular complexity index is 904. The average Bonchev–Trinajstić information content (AvgIpc) is 3.04. The summed E-state index contributed by atoms with van der Waals surface area (Å²) >= 11 is 3.50. The van der Waals surface area contributed by atoms with Crippen molar-refractivity contribution in [1.29, 1.82) is 0 Å². The molecule has 3 rings (SSSR count). The van der Waals surface area contributed by atoms with Crippen LogP contribution >= 0.6 is 23.1 Å². The number of aryl methyl sites for hydroxylation is 1. The van der Waals surface area contributed by atoms with Crippen LogP contribution in [0.1, 0.15) is 76.7 Å². The van der Waals surface area contributed by atoms with E-state index in [2.05, 4.69) is 34.3 Å². The molecule has 0 saturated carbocycles. The summed E-state index contributed by atoms with van der Waals surface area (Å²) in [6.07, 6.45) is 11.4. The number of thioether (sulfide) groups is 1. The molecular formula is C24H36N2OS2. The van der Waals surface area contributed by atoms with Gasteiger partial charge in [-0.25, -0.2) is 4.98 Å². The van der Waals surface area contributed by atoms with Gasteiger partial charge in [-0.3, -0.25) is 9.36 Å². The van der Waals surface area contributed by atoms with E-state index >= 15 is 0 Å². The molecule has 0 fully saturated rings. The monoisotopic (exact) mass is 432 g/mol. The lowest BCUT2D eigenvalue weighted by Gasteiger charge is -2.33. The van der Waals surface area contributed by atoms with Crippen molar-refractivity contribution in [2.24, 2.45) is 11.3 Å². The normalized spacial score (nSPS) is 16.9. The minimum absolute atomic E-state index is 0.134. The maximum absolute atomic E-state index is 13.4. The lowest BCUT2D eigenvalue weighted by molar-refractivity contribution is 0.218. The van der Waals surface area contributed by atoms with Gasteiger partial charge in [0.2, 0.25) is 0 Å². The largest absolute Gasteiger partial charge is 0.283 e. The Morgan fingerprint density at radius 1 is 1.28 bits per heavy atom. The minimum atomic E-state index is 0.134. The fraction of sp³-hybridized carbons (Fsp3) is 0.667. The lowest BCUT2D eigenvalue weighted by atomic mass is 9.72. The molecule has 1 aliphatic carbocycles. The fourth-order valence-electron chi connectivity index (χ4n) is 4.25. The van der Waals surface area contributed by atoms with Crippen LogP contribution < -0.4 is 5.56 Å². The Balaban J connectivity index is 1.88. The zero-order chi connectivity index (χ0) is 21.0. The van der Waals surface area contributed by atoms with Crippen molar-refractivity contribution in [2.75, 3.05) is 5.75 Å². The molecule has 0 radical (unpaired) electrons. The van der Waals surface area contributed by atoms with Gasteiger partial charge in [-0.15, -0.1) is 17.9 Å². The average molecular weight is 433 g/mol. The Labute approximate surface area is 184 Å². The van der Waals surface area contributed by atoms with Crippen LogP contribution in [0.15, 0.2) is 22.6 Å². The number of fused-ring (bicyclic) bond motifs is 3. The summed E-state index contributed by atoms with van der Waals surface area (Å²) in [6, 6.07) is 0. The maximum atomic E-state index is 13.4. The van der Waals surface area contributed by atoms with Crippen molar-refractivity contribution < 1.29 is 0 Å². The van der Waals surface area contributed by atoms with Crippen LogP contribution in [0.2, 0.25) is 0 Å². The fourth-order valence-corrected chi connectivity index (χ4v) is 6.60. The highest BCUT2D eigenvalue weighted by molar-refractivity contribution is 7.99. The van der Waals surface area contributed by atoms with Crippen LogP contribution in [0.3, 0.4) is 0 Å². The van der Waals surface area contributed by atoms with Crippen molar-refractivity contribution >= 4 is 33.3 Å². The van der Waals surface area contributed by atoms with Crippen LogP contribution in [-0.4, -0.2) is 15.3 Å². The summed E-state index contributed by atoms with van der Waals surface area (Å²) in [5, 5.41) is 1.75. The quantitative estimate of drug-likeness (QED) is 0.188.